The number of esters is 1. The van der Waals surface area contributed by atoms with Gasteiger partial charge < -0.3 is 19.1 Å². The number of amides is 1. The number of halogens is 1. The van der Waals surface area contributed by atoms with Crippen LogP contribution in [-0.2, 0) is 9.53 Å². The molecule has 6 nitrogen and oxygen atoms in total. The monoisotopic (exact) mass is 397 g/mol. The molecule has 1 aromatic rings. The molecule has 1 amide bonds. The van der Waals surface area contributed by atoms with Gasteiger partial charge in [0.15, 0.2) is 18.1 Å². The zero-order valence-electron chi connectivity index (χ0n) is 16.4. The molecule has 0 bridgehead atoms. The number of carbonyl (C=O) groups is 2. The molecule has 0 unspecified atom stereocenters. The molecule has 1 aliphatic rings. The van der Waals surface area contributed by atoms with E-state index in [9.17, 15) is 9.59 Å². The van der Waals surface area contributed by atoms with Crippen LogP contribution in [0.4, 0.5) is 0 Å². The maximum Gasteiger partial charge on any atom is 0.338 e. The highest BCUT2D eigenvalue weighted by atomic mass is 35.5. The predicted molar refractivity (Wildman–Crippen MR) is 104 cm³/mol. The fraction of sp³-hybridized carbons (Fsp3) is 0.600. The maximum atomic E-state index is 12.4. The lowest BCUT2D eigenvalue weighted by molar-refractivity contribution is -0.135. The molecule has 0 heterocycles. The number of hydrogen-bond donors (Lipinski definition) is 0. The van der Waals surface area contributed by atoms with Crippen LogP contribution in [0.3, 0.4) is 0 Å². The van der Waals surface area contributed by atoms with E-state index in [2.05, 4.69) is 0 Å². The standard InChI is InChI=1S/C20H28ClNO5/c1-13(2)27-19-16(21)10-14(11-17(19)25-4)20(24)26-12-18(23)22(3)15-8-6-5-7-9-15/h10-11,13,15H,5-9,12H2,1-4H3. The van der Waals surface area contributed by atoms with Crippen LogP contribution in [0.5, 0.6) is 11.5 Å². The molecule has 0 radical (unpaired) electrons. The minimum Gasteiger partial charge on any atom is -0.493 e. The molecular formula is C20H28ClNO5. The van der Waals surface area contributed by atoms with Crippen molar-refractivity contribution in [1.82, 2.24) is 4.90 Å². The SMILES string of the molecule is COc1cc(C(=O)OCC(=O)N(C)C2CCCCC2)cc(Cl)c1OC(C)C. The van der Waals surface area contributed by atoms with Crippen molar-refractivity contribution in [2.45, 2.75) is 58.1 Å². The molecule has 0 spiro atoms. The Balaban J connectivity index is 2.00. The van der Waals surface area contributed by atoms with Gasteiger partial charge in [-0.2, -0.15) is 0 Å². The van der Waals surface area contributed by atoms with Crippen molar-refractivity contribution in [3.8, 4) is 11.5 Å². The van der Waals surface area contributed by atoms with Crippen LogP contribution in [0.15, 0.2) is 12.1 Å². The van der Waals surface area contributed by atoms with Crippen LogP contribution in [0.25, 0.3) is 0 Å². The van der Waals surface area contributed by atoms with E-state index in [1.54, 1.807) is 11.9 Å². The quantitative estimate of drug-likeness (QED) is 0.648. The molecule has 27 heavy (non-hydrogen) atoms. The van der Waals surface area contributed by atoms with E-state index in [1.165, 1.54) is 25.7 Å². The predicted octanol–water partition coefficient (Wildman–Crippen LogP) is 4.08. The number of nitrogens with zero attached hydrogens (tertiary/aromatic N) is 1. The van der Waals surface area contributed by atoms with Gasteiger partial charge in [0.25, 0.3) is 5.91 Å². The number of methoxy groups -OCH3 is 1. The van der Waals surface area contributed by atoms with Gasteiger partial charge in [0.2, 0.25) is 0 Å². The van der Waals surface area contributed by atoms with Gasteiger partial charge in [0, 0.05) is 13.1 Å². The minimum atomic E-state index is -0.628. The van der Waals surface area contributed by atoms with E-state index in [-0.39, 0.29) is 35.2 Å². The lowest BCUT2D eigenvalue weighted by Gasteiger charge is -2.31. The van der Waals surface area contributed by atoms with Gasteiger partial charge in [-0.1, -0.05) is 30.9 Å². The van der Waals surface area contributed by atoms with Crippen LogP contribution in [-0.4, -0.2) is 49.7 Å². The fourth-order valence-corrected chi connectivity index (χ4v) is 3.43. The first-order chi connectivity index (χ1) is 12.8. The molecule has 0 aromatic heterocycles. The summed E-state index contributed by atoms with van der Waals surface area (Å²) < 4.78 is 16.1. The van der Waals surface area contributed by atoms with Crippen LogP contribution < -0.4 is 9.47 Å². The van der Waals surface area contributed by atoms with Gasteiger partial charge in [-0.25, -0.2) is 4.79 Å². The number of rotatable bonds is 7. The summed E-state index contributed by atoms with van der Waals surface area (Å²) >= 11 is 6.23. The molecule has 1 fully saturated rings. The normalized spacial score (nSPS) is 14.7. The van der Waals surface area contributed by atoms with Crippen molar-refractivity contribution in [2.75, 3.05) is 20.8 Å². The average molecular weight is 398 g/mol. The van der Waals surface area contributed by atoms with Crippen molar-refractivity contribution >= 4 is 23.5 Å². The Morgan fingerprint density at radius 3 is 2.48 bits per heavy atom. The topological polar surface area (TPSA) is 65.1 Å². The van der Waals surface area contributed by atoms with Crippen molar-refractivity contribution in [1.29, 1.82) is 0 Å². The zero-order valence-corrected chi connectivity index (χ0v) is 17.2. The number of hydrogen-bond acceptors (Lipinski definition) is 5. The van der Waals surface area contributed by atoms with Gasteiger partial charge in [0.05, 0.1) is 23.8 Å². The first-order valence-corrected chi connectivity index (χ1v) is 9.68. The Hall–Kier alpha value is -1.95. The zero-order chi connectivity index (χ0) is 20.0. The number of benzene rings is 1. The van der Waals surface area contributed by atoms with Gasteiger partial charge in [-0.15, -0.1) is 0 Å². The molecule has 7 heteroatoms. The van der Waals surface area contributed by atoms with E-state index in [1.807, 2.05) is 13.8 Å². The summed E-state index contributed by atoms with van der Waals surface area (Å²) in [5.41, 5.74) is 0.209. The highest BCUT2D eigenvalue weighted by molar-refractivity contribution is 6.32. The second-order valence-corrected chi connectivity index (χ2v) is 7.44. The third kappa shape index (κ3) is 5.76. The van der Waals surface area contributed by atoms with Gasteiger partial charge in [0.1, 0.15) is 0 Å². The summed E-state index contributed by atoms with van der Waals surface area (Å²) in [4.78, 5) is 26.4. The van der Waals surface area contributed by atoms with Gasteiger partial charge in [-0.05, 0) is 38.8 Å². The Bertz CT molecular complexity index is 671. The average Bonchev–Trinajstić information content (AvgIpc) is 2.66. The lowest BCUT2D eigenvalue weighted by atomic mass is 9.94. The third-order valence-corrected chi connectivity index (χ3v) is 4.94. The highest BCUT2D eigenvalue weighted by Gasteiger charge is 2.24. The summed E-state index contributed by atoms with van der Waals surface area (Å²) in [5.74, 6) is -0.114. The summed E-state index contributed by atoms with van der Waals surface area (Å²) in [6, 6.07) is 3.19. The second kappa shape index (κ2) is 9.83. The molecule has 150 valence electrons. The fourth-order valence-electron chi connectivity index (χ4n) is 3.17. The number of ether oxygens (including phenoxy) is 3. The molecule has 1 saturated carbocycles. The Labute approximate surface area is 165 Å². The number of carbonyl (C=O) groups excluding carboxylic acids is 2. The molecule has 0 aliphatic heterocycles. The molecule has 1 aromatic carbocycles. The van der Waals surface area contributed by atoms with Gasteiger partial charge in [-0.3, -0.25) is 4.79 Å². The first kappa shape index (κ1) is 21.4. The van der Waals surface area contributed by atoms with Crippen molar-refractivity contribution < 1.29 is 23.8 Å². The van der Waals surface area contributed by atoms with Crippen LogP contribution in [0.1, 0.15) is 56.3 Å². The summed E-state index contributed by atoms with van der Waals surface area (Å²) in [5, 5.41) is 0.251. The van der Waals surface area contributed by atoms with E-state index in [4.69, 9.17) is 25.8 Å². The molecule has 0 atom stereocenters. The molecule has 0 N–H and O–H groups in total. The summed E-state index contributed by atoms with van der Waals surface area (Å²) in [6.07, 6.45) is 5.38. The highest BCUT2D eigenvalue weighted by Crippen LogP contribution is 2.37. The lowest BCUT2D eigenvalue weighted by Crippen LogP contribution is -2.40. The summed E-state index contributed by atoms with van der Waals surface area (Å²) in [6.45, 7) is 3.44. The summed E-state index contributed by atoms with van der Waals surface area (Å²) in [7, 11) is 3.24. The van der Waals surface area contributed by atoms with Crippen molar-refractivity contribution in [3.05, 3.63) is 22.7 Å². The molecule has 0 saturated heterocycles. The Kier molecular flexibility index (Phi) is 7.78. The second-order valence-electron chi connectivity index (χ2n) is 7.03. The van der Waals surface area contributed by atoms with Crippen molar-refractivity contribution in [2.24, 2.45) is 0 Å². The minimum absolute atomic E-state index is 0.0952. The Morgan fingerprint density at radius 2 is 1.89 bits per heavy atom. The smallest absolute Gasteiger partial charge is 0.338 e. The third-order valence-electron chi connectivity index (χ3n) is 4.66. The maximum absolute atomic E-state index is 12.4. The van der Waals surface area contributed by atoms with E-state index in [0.717, 1.165) is 25.7 Å². The van der Waals surface area contributed by atoms with Gasteiger partial charge >= 0.3 is 5.97 Å². The van der Waals surface area contributed by atoms with E-state index >= 15 is 0 Å². The van der Waals surface area contributed by atoms with E-state index in [0.29, 0.717) is 11.5 Å². The largest absolute Gasteiger partial charge is 0.493 e. The first-order valence-electron chi connectivity index (χ1n) is 9.30. The Morgan fingerprint density at radius 1 is 1.22 bits per heavy atom. The molecule has 2 rings (SSSR count). The van der Waals surface area contributed by atoms with Crippen LogP contribution in [0.2, 0.25) is 5.02 Å². The van der Waals surface area contributed by atoms with E-state index < -0.39 is 5.97 Å². The number of likely N-dealkylation sites (N-methyl/N-ethyl adjacent to an activating group) is 1. The van der Waals surface area contributed by atoms with Crippen LogP contribution >= 0.6 is 11.6 Å². The van der Waals surface area contributed by atoms with Crippen molar-refractivity contribution in [3.63, 3.8) is 0 Å². The van der Waals surface area contributed by atoms with Crippen LogP contribution in [0, 0.1) is 0 Å². The molecular weight excluding hydrogens is 370 g/mol. The molecule has 1 aliphatic carbocycles.